The Morgan fingerprint density at radius 1 is 1.53 bits per heavy atom. The van der Waals surface area contributed by atoms with Crippen molar-refractivity contribution in [2.75, 3.05) is 5.75 Å². The van der Waals surface area contributed by atoms with E-state index in [1.54, 1.807) is 0 Å². The molecule has 19 heavy (non-hydrogen) atoms. The van der Waals surface area contributed by atoms with E-state index in [1.165, 1.54) is 24.4 Å². The first kappa shape index (κ1) is 12.6. The Hall–Kier alpha value is -1.47. The van der Waals surface area contributed by atoms with Gasteiger partial charge in [0.05, 0.1) is 27.4 Å². The molecule has 2 aromatic rings. The van der Waals surface area contributed by atoms with E-state index in [4.69, 9.17) is 10.2 Å². The molecule has 3 nitrogen and oxygen atoms in total. The number of fused-ring (bicyclic) bond motifs is 1. The zero-order chi connectivity index (χ0) is 13.5. The first-order chi connectivity index (χ1) is 9.18. The highest BCUT2D eigenvalue weighted by Crippen LogP contribution is 2.46. The van der Waals surface area contributed by atoms with E-state index in [9.17, 15) is 0 Å². The third-order valence-electron chi connectivity index (χ3n) is 3.89. The van der Waals surface area contributed by atoms with Gasteiger partial charge in [-0.1, -0.05) is 0 Å². The monoisotopic (exact) mass is 271 g/mol. The molecule has 0 saturated carbocycles. The average Bonchev–Trinajstić information content (AvgIpc) is 3.02. The number of rotatable bonds is 2. The molecule has 0 aliphatic carbocycles. The molecule has 0 amide bonds. The highest BCUT2D eigenvalue weighted by Gasteiger charge is 2.36. The van der Waals surface area contributed by atoms with E-state index in [2.05, 4.69) is 24.5 Å². The fourth-order valence-electron chi connectivity index (χ4n) is 2.88. The van der Waals surface area contributed by atoms with Crippen LogP contribution >= 0.6 is 11.8 Å². The number of thioether (sulfide) groups is 1. The molecule has 1 unspecified atom stereocenters. The third kappa shape index (κ3) is 1.93. The van der Waals surface area contributed by atoms with Crippen molar-refractivity contribution in [1.29, 1.82) is 5.26 Å². The number of nitriles is 1. The minimum Gasteiger partial charge on any atom is -0.327 e. The summed E-state index contributed by atoms with van der Waals surface area (Å²) in [6, 6.07) is 7.99. The Labute approximate surface area is 117 Å². The van der Waals surface area contributed by atoms with Crippen LogP contribution in [0.25, 0.3) is 11.0 Å². The lowest BCUT2D eigenvalue weighted by molar-refractivity contribution is 0.565. The molecule has 2 heterocycles. The first-order valence-electron chi connectivity index (χ1n) is 6.73. The highest BCUT2D eigenvalue weighted by atomic mass is 32.2. The minimum atomic E-state index is 0.127. The van der Waals surface area contributed by atoms with E-state index in [-0.39, 0.29) is 4.75 Å². The fourth-order valence-corrected chi connectivity index (χ4v) is 4.19. The largest absolute Gasteiger partial charge is 0.327 e. The zero-order valence-electron chi connectivity index (χ0n) is 11.3. The van der Waals surface area contributed by atoms with Crippen molar-refractivity contribution in [2.24, 2.45) is 0 Å². The van der Waals surface area contributed by atoms with Crippen LogP contribution in [0.3, 0.4) is 0 Å². The van der Waals surface area contributed by atoms with Crippen LogP contribution in [0.4, 0.5) is 0 Å². The SMILES string of the molecule is CCn1c(C2(C)CCCS2)nc2cc(C#N)ccc21. The number of imidazole rings is 1. The van der Waals surface area contributed by atoms with Crippen molar-refractivity contribution in [3.8, 4) is 6.07 Å². The molecular formula is C15H17N3S. The number of aromatic nitrogens is 2. The summed E-state index contributed by atoms with van der Waals surface area (Å²) in [5.41, 5.74) is 2.78. The number of hydrogen-bond donors (Lipinski definition) is 0. The summed E-state index contributed by atoms with van der Waals surface area (Å²) < 4.78 is 2.43. The Morgan fingerprint density at radius 2 is 2.37 bits per heavy atom. The third-order valence-corrected chi connectivity index (χ3v) is 5.40. The maximum atomic E-state index is 9.00. The maximum absolute atomic E-state index is 9.00. The van der Waals surface area contributed by atoms with E-state index >= 15 is 0 Å². The van der Waals surface area contributed by atoms with Gasteiger partial charge in [0, 0.05) is 6.54 Å². The second kappa shape index (κ2) is 4.57. The number of aryl methyl sites for hydroxylation is 1. The molecule has 0 spiro atoms. The summed E-state index contributed by atoms with van der Waals surface area (Å²) in [6.07, 6.45) is 2.45. The number of benzene rings is 1. The summed E-state index contributed by atoms with van der Waals surface area (Å²) in [6.45, 7) is 5.38. The van der Waals surface area contributed by atoms with Gasteiger partial charge in [-0.25, -0.2) is 4.98 Å². The Bertz CT molecular complexity index is 660. The maximum Gasteiger partial charge on any atom is 0.125 e. The van der Waals surface area contributed by atoms with E-state index in [1.807, 2.05) is 30.0 Å². The van der Waals surface area contributed by atoms with Crippen molar-refractivity contribution in [3.63, 3.8) is 0 Å². The Balaban J connectivity index is 2.22. The first-order valence-corrected chi connectivity index (χ1v) is 7.71. The summed E-state index contributed by atoms with van der Waals surface area (Å²) in [4.78, 5) is 4.84. The second-order valence-electron chi connectivity index (χ2n) is 5.18. The molecule has 4 heteroatoms. The fraction of sp³-hybridized carbons (Fsp3) is 0.467. The summed E-state index contributed by atoms with van der Waals surface area (Å²) in [5.74, 6) is 2.38. The van der Waals surface area contributed by atoms with E-state index in [0.717, 1.165) is 17.6 Å². The molecule has 0 bridgehead atoms. The molecule has 1 atom stereocenters. The van der Waals surface area contributed by atoms with E-state index < -0.39 is 0 Å². The molecule has 1 aliphatic rings. The molecule has 1 saturated heterocycles. The van der Waals surface area contributed by atoms with Gasteiger partial charge in [0.15, 0.2) is 0 Å². The quantitative estimate of drug-likeness (QED) is 0.837. The lowest BCUT2D eigenvalue weighted by Gasteiger charge is -2.23. The molecule has 1 aliphatic heterocycles. The van der Waals surface area contributed by atoms with Gasteiger partial charge in [-0.3, -0.25) is 0 Å². The summed E-state index contributed by atoms with van der Waals surface area (Å²) in [5, 5.41) is 9.00. The van der Waals surface area contributed by atoms with Crippen molar-refractivity contribution in [2.45, 2.75) is 38.0 Å². The Kier molecular flexibility index (Phi) is 3.02. The molecule has 98 valence electrons. The lowest BCUT2D eigenvalue weighted by atomic mass is 10.1. The van der Waals surface area contributed by atoms with Gasteiger partial charge in [0.25, 0.3) is 0 Å². The topological polar surface area (TPSA) is 41.6 Å². The van der Waals surface area contributed by atoms with Crippen LogP contribution in [-0.4, -0.2) is 15.3 Å². The Morgan fingerprint density at radius 3 is 3.00 bits per heavy atom. The smallest absolute Gasteiger partial charge is 0.125 e. The van der Waals surface area contributed by atoms with E-state index in [0.29, 0.717) is 5.56 Å². The number of hydrogen-bond acceptors (Lipinski definition) is 3. The van der Waals surface area contributed by atoms with Gasteiger partial charge in [0.1, 0.15) is 5.82 Å². The molecule has 3 rings (SSSR count). The lowest BCUT2D eigenvalue weighted by Crippen LogP contribution is -2.19. The van der Waals surface area contributed by atoms with Crippen molar-refractivity contribution in [3.05, 3.63) is 29.6 Å². The normalized spacial score (nSPS) is 22.8. The van der Waals surface area contributed by atoms with Crippen LogP contribution in [-0.2, 0) is 11.3 Å². The predicted octanol–water partition coefficient (Wildman–Crippen LogP) is 3.67. The molecule has 1 aromatic heterocycles. The number of nitrogens with zero attached hydrogens (tertiary/aromatic N) is 3. The van der Waals surface area contributed by atoms with Crippen LogP contribution in [0.5, 0.6) is 0 Å². The van der Waals surface area contributed by atoms with Gasteiger partial charge in [-0.15, -0.1) is 11.8 Å². The molecule has 0 radical (unpaired) electrons. The van der Waals surface area contributed by atoms with Crippen molar-refractivity contribution >= 4 is 22.8 Å². The van der Waals surface area contributed by atoms with Gasteiger partial charge in [0.2, 0.25) is 0 Å². The van der Waals surface area contributed by atoms with Crippen LogP contribution in [0.2, 0.25) is 0 Å². The zero-order valence-corrected chi connectivity index (χ0v) is 12.1. The van der Waals surface area contributed by atoms with Crippen molar-refractivity contribution < 1.29 is 0 Å². The van der Waals surface area contributed by atoms with Crippen molar-refractivity contribution in [1.82, 2.24) is 9.55 Å². The highest BCUT2D eigenvalue weighted by molar-refractivity contribution is 8.00. The predicted molar refractivity (Wildman–Crippen MR) is 79.2 cm³/mol. The minimum absolute atomic E-state index is 0.127. The average molecular weight is 271 g/mol. The van der Waals surface area contributed by atoms with Crippen LogP contribution in [0, 0.1) is 11.3 Å². The van der Waals surface area contributed by atoms with Gasteiger partial charge in [-0.05, 0) is 50.6 Å². The van der Waals surface area contributed by atoms with Crippen LogP contribution in [0.15, 0.2) is 18.2 Å². The molecule has 1 fully saturated rings. The summed E-state index contributed by atoms with van der Waals surface area (Å²) in [7, 11) is 0. The molecular weight excluding hydrogens is 254 g/mol. The molecule has 1 aromatic carbocycles. The summed E-state index contributed by atoms with van der Waals surface area (Å²) >= 11 is 2.00. The molecule has 0 N–H and O–H groups in total. The van der Waals surface area contributed by atoms with Crippen LogP contribution in [0.1, 0.15) is 38.1 Å². The second-order valence-corrected chi connectivity index (χ2v) is 6.78. The standard InChI is InChI=1S/C15H17N3S/c1-3-18-13-6-5-11(10-16)9-12(13)17-14(18)15(2)7-4-8-19-15/h5-6,9H,3-4,7-8H2,1-2H3. The van der Waals surface area contributed by atoms with Gasteiger partial charge >= 0.3 is 0 Å². The van der Waals surface area contributed by atoms with Crippen LogP contribution < -0.4 is 0 Å². The van der Waals surface area contributed by atoms with Gasteiger partial charge in [-0.2, -0.15) is 5.26 Å². The van der Waals surface area contributed by atoms with Gasteiger partial charge < -0.3 is 4.57 Å².